The van der Waals surface area contributed by atoms with Gasteiger partial charge >= 0.3 is 0 Å². The summed E-state index contributed by atoms with van der Waals surface area (Å²) in [5, 5.41) is 6.00. The summed E-state index contributed by atoms with van der Waals surface area (Å²) in [6.07, 6.45) is 2.77. The number of ether oxygens (including phenoxy) is 1. The first-order chi connectivity index (χ1) is 15.7. The second-order valence-electron chi connectivity index (χ2n) is 7.50. The van der Waals surface area contributed by atoms with E-state index in [2.05, 4.69) is 4.98 Å². The van der Waals surface area contributed by atoms with E-state index in [0.717, 1.165) is 17.6 Å². The Hall–Kier alpha value is -4.17. The molecule has 0 bridgehead atoms. The molecule has 0 aliphatic heterocycles. The van der Waals surface area contributed by atoms with Gasteiger partial charge in [-0.3, -0.25) is 16.1 Å². The Morgan fingerprint density at radius 1 is 0.909 bits per heavy atom. The Morgan fingerprint density at radius 3 is 2.21 bits per heavy atom. The molecule has 0 atom stereocenters. The van der Waals surface area contributed by atoms with Crippen molar-refractivity contribution in [1.29, 1.82) is 0 Å². The van der Waals surface area contributed by atoms with Crippen LogP contribution in [-0.2, 0) is 9.84 Å². The zero-order chi connectivity index (χ0) is 23.6. The number of hydrogen-bond acceptors (Lipinski definition) is 5. The number of hydrogen-bond donors (Lipinski definition) is 3. The summed E-state index contributed by atoms with van der Waals surface area (Å²) < 4.78 is 29.7. The van der Waals surface area contributed by atoms with Gasteiger partial charge in [-0.2, -0.15) is 0 Å². The molecule has 3 aromatic carbocycles. The van der Waals surface area contributed by atoms with E-state index in [-0.39, 0.29) is 16.4 Å². The molecular formula is C25H23N4O3S+. The quantitative estimate of drug-likeness (QED) is 0.300. The Balaban J connectivity index is 1.74. The molecule has 7 nitrogen and oxygen atoms in total. The van der Waals surface area contributed by atoms with E-state index in [4.69, 9.17) is 21.6 Å². The van der Waals surface area contributed by atoms with Crippen LogP contribution in [0.5, 0.6) is 11.5 Å². The average Bonchev–Trinajstić information content (AvgIpc) is 2.79. The molecule has 1 heterocycles. The molecule has 4 rings (SSSR count). The molecule has 4 aromatic rings. The van der Waals surface area contributed by atoms with Crippen molar-refractivity contribution >= 4 is 21.4 Å². The standard InChI is InChI=1S/C25H22N4O3S/c1-33(30,31)20-9-5-6-17(14-20)24-23(26)22(25(27)28)21(15-29-24)16-10-12-19(13-11-16)32-18-7-3-2-4-8-18/h2-15H,26H2,1H3,(H3,27,28)/p+1. The largest absolute Gasteiger partial charge is 0.457 e. The van der Waals surface area contributed by atoms with Crippen LogP contribution >= 0.6 is 0 Å². The molecule has 33 heavy (non-hydrogen) atoms. The molecule has 0 aliphatic rings. The number of para-hydroxylation sites is 1. The minimum Gasteiger partial charge on any atom is -0.457 e. The minimum atomic E-state index is -3.39. The summed E-state index contributed by atoms with van der Waals surface area (Å²) in [5.41, 5.74) is 15.5. The maximum absolute atomic E-state index is 12.0. The average molecular weight is 460 g/mol. The van der Waals surface area contributed by atoms with Gasteiger partial charge in [0.15, 0.2) is 9.84 Å². The van der Waals surface area contributed by atoms with Crippen LogP contribution in [-0.4, -0.2) is 25.5 Å². The number of nitrogens with zero attached hydrogens (tertiary/aromatic N) is 1. The van der Waals surface area contributed by atoms with Gasteiger partial charge in [-0.1, -0.05) is 42.5 Å². The first kappa shape index (κ1) is 22.0. The molecule has 0 radical (unpaired) electrons. The number of aromatic nitrogens is 1. The normalized spacial score (nSPS) is 11.2. The van der Waals surface area contributed by atoms with Gasteiger partial charge in [0.25, 0.3) is 5.84 Å². The van der Waals surface area contributed by atoms with E-state index < -0.39 is 9.84 Å². The SMILES string of the molecule is CS(=O)(=O)c1cccc(-c2ncc(-c3ccc(Oc4ccccc4)cc3)c(C(N)=[NH2+])c2N)c1. The van der Waals surface area contributed by atoms with Gasteiger partial charge in [0.05, 0.1) is 21.8 Å². The fourth-order valence-corrected chi connectivity index (χ4v) is 4.15. The van der Waals surface area contributed by atoms with Crippen LogP contribution in [0.1, 0.15) is 5.56 Å². The first-order valence-corrected chi connectivity index (χ1v) is 11.9. The number of pyridine rings is 1. The lowest BCUT2D eigenvalue weighted by Crippen LogP contribution is -2.46. The van der Waals surface area contributed by atoms with Gasteiger partial charge in [0.1, 0.15) is 11.5 Å². The second kappa shape index (κ2) is 8.76. The maximum Gasteiger partial charge on any atom is 0.273 e. The van der Waals surface area contributed by atoms with Gasteiger partial charge in [0, 0.05) is 23.6 Å². The number of amidine groups is 1. The fourth-order valence-electron chi connectivity index (χ4n) is 3.49. The van der Waals surface area contributed by atoms with E-state index in [1.165, 1.54) is 12.1 Å². The number of benzene rings is 3. The third-order valence-electron chi connectivity index (χ3n) is 5.09. The topological polar surface area (TPSA) is 134 Å². The molecule has 0 fully saturated rings. The van der Waals surface area contributed by atoms with Crippen molar-refractivity contribution in [3.63, 3.8) is 0 Å². The molecule has 0 spiro atoms. The summed E-state index contributed by atoms with van der Waals surface area (Å²) in [6.45, 7) is 0. The number of anilines is 1. The number of sulfone groups is 1. The number of nitrogens with two attached hydrogens (primary N) is 3. The fraction of sp³-hybridized carbons (Fsp3) is 0.0400. The van der Waals surface area contributed by atoms with Crippen molar-refractivity contribution < 1.29 is 18.6 Å². The van der Waals surface area contributed by atoms with Crippen LogP contribution in [0.2, 0.25) is 0 Å². The van der Waals surface area contributed by atoms with Crippen LogP contribution in [0.25, 0.3) is 22.4 Å². The highest BCUT2D eigenvalue weighted by molar-refractivity contribution is 7.90. The Morgan fingerprint density at radius 2 is 1.58 bits per heavy atom. The molecule has 0 saturated carbocycles. The molecule has 8 heteroatoms. The van der Waals surface area contributed by atoms with Crippen LogP contribution in [0.4, 0.5) is 5.69 Å². The highest BCUT2D eigenvalue weighted by atomic mass is 32.2. The van der Waals surface area contributed by atoms with Crippen molar-refractivity contribution in [2.45, 2.75) is 4.90 Å². The molecule has 0 amide bonds. The van der Waals surface area contributed by atoms with E-state index in [0.29, 0.717) is 28.1 Å². The molecule has 0 saturated heterocycles. The predicted octanol–water partition coefficient (Wildman–Crippen LogP) is 2.66. The lowest BCUT2D eigenvalue weighted by atomic mass is 9.97. The van der Waals surface area contributed by atoms with Crippen LogP contribution in [0, 0.1) is 0 Å². The molecule has 0 aliphatic carbocycles. The van der Waals surface area contributed by atoms with Crippen molar-refractivity contribution in [2.75, 3.05) is 12.0 Å². The summed E-state index contributed by atoms with van der Waals surface area (Å²) in [4.78, 5) is 4.68. The zero-order valence-electron chi connectivity index (χ0n) is 17.9. The Bertz CT molecular complexity index is 1430. The second-order valence-corrected chi connectivity index (χ2v) is 9.52. The Kier molecular flexibility index (Phi) is 5.85. The van der Waals surface area contributed by atoms with Crippen molar-refractivity contribution in [2.24, 2.45) is 5.73 Å². The third-order valence-corrected chi connectivity index (χ3v) is 6.20. The van der Waals surface area contributed by atoms with E-state index in [1.54, 1.807) is 18.3 Å². The predicted molar refractivity (Wildman–Crippen MR) is 129 cm³/mol. The minimum absolute atomic E-state index is 0.0371. The lowest BCUT2D eigenvalue weighted by Gasteiger charge is -2.14. The number of rotatable bonds is 6. The summed E-state index contributed by atoms with van der Waals surface area (Å²) >= 11 is 0. The lowest BCUT2D eigenvalue weighted by molar-refractivity contribution is -0.114. The van der Waals surface area contributed by atoms with Gasteiger partial charge in [-0.25, -0.2) is 8.42 Å². The molecule has 0 unspecified atom stereocenters. The first-order valence-electron chi connectivity index (χ1n) is 10.0. The van der Waals surface area contributed by atoms with Gasteiger partial charge in [-0.05, 0) is 42.0 Å². The van der Waals surface area contributed by atoms with Crippen LogP contribution in [0.15, 0.2) is 90.0 Å². The van der Waals surface area contributed by atoms with Crippen LogP contribution in [0.3, 0.4) is 0 Å². The highest BCUT2D eigenvalue weighted by Crippen LogP contribution is 2.34. The van der Waals surface area contributed by atoms with Gasteiger partial charge < -0.3 is 10.5 Å². The van der Waals surface area contributed by atoms with Crippen molar-refractivity contribution in [3.05, 3.63) is 90.6 Å². The van der Waals surface area contributed by atoms with Crippen molar-refractivity contribution in [3.8, 4) is 33.9 Å². The smallest absolute Gasteiger partial charge is 0.273 e. The monoisotopic (exact) mass is 459 g/mol. The van der Waals surface area contributed by atoms with Gasteiger partial charge in [-0.15, -0.1) is 0 Å². The maximum atomic E-state index is 12.0. The van der Waals surface area contributed by atoms with Crippen molar-refractivity contribution in [1.82, 2.24) is 4.98 Å². The third kappa shape index (κ3) is 4.70. The summed E-state index contributed by atoms with van der Waals surface area (Å²) in [5.74, 6) is 1.44. The highest BCUT2D eigenvalue weighted by Gasteiger charge is 2.21. The number of nitrogen functional groups attached to an aromatic ring is 1. The zero-order valence-corrected chi connectivity index (χ0v) is 18.7. The Labute approximate surface area is 192 Å². The molecule has 6 N–H and O–H groups in total. The molecular weight excluding hydrogens is 436 g/mol. The summed E-state index contributed by atoms with van der Waals surface area (Å²) in [6, 6.07) is 23.3. The van der Waals surface area contributed by atoms with Crippen LogP contribution < -0.4 is 21.6 Å². The molecule has 166 valence electrons. The summed E-state index contributed by atoms with van der Waals surface area (Å²) in [7, 11) is -3.39. The van der Waals surface area contributed by atoms with E-state index >= 15 is 0 Å². The molecule has 1 aromatic heterocycles. The van der Waals surface area contributed by atoms with E-state index in [9.17, 15) is 8.42 Å². The van der Waals surface area contributed by atoms with Gasteiger partial charge in [0.2, 0.25) is 0 Å². The van der Waals surface area contributed by atoms with E-state index in [1.807, 2.05) is 54.6 Å².